The molecule has 3 aromatic rings. The highest BCUT2D eigenvalue weighted by molar-refractivity contribution is 5.97. The molecule has 1 heterocycles. The summed E-state index contributed by atoms with van der Waals surface area (Å²) in [5.41, 5.74) is 6.34. The minimum Gasteiger partial charge on any atom is -0.337 e. The first-order valence-corrected chi connectivity index (χ1v) is 8.00. The normalized spacial score (nSPS) is 10.8. The van der Waals surface area contributed by atoms with Crippen molar-refractivity contribution in [1.29, 1.82) is 0 Å². The van der Waals surface area contributed by atoms with Gasteiger partial charge in [0.2, 0.25) is 0 Å². The van der Waals surface area contributed by atoms with Crippen LogP contribution in [0.1, 0.15) is 32.9 Å². The van der Waals surface area contributed by atoms with Crippen molar-refractivity contribution in [2.45, 2.75) is 27.3 Å². The number of hydrogen-bond acceptors (Lipinski definition) is 3. The fourth-order valence-corrected chi connectivity index (χ4v) is 2.62. The summed E-state index contributed by atoms with van der Waals surface area (Å²) in [7, 11) is 1.82. The van der Waals surface area contributed by atoms with Gasteiger partial charge in [-0.05, 0) is 44.5 Å². The first-order valence-electron chi connectivity index (χ1n) is 8.00. The maximum atomic E-state index is 12.7. The number of carbonyl (C=O) groups is 1. The van der Waals surface area contributed by atoms with Crippen molar-refractivity contribution < 1.29 is 4.79 Å². The number of aromatic nitrogens is 2. The number of nitrogens with zero attached hydrogens (tertiary/aromatic N) is 3. The highest BCUT2D eigenvalue weighted by atomic mass is 16.2. The van der Waals surface area contributed by atoms with Crippen LogP contribution in [-0.4, -0.2) is 27.8 Å². The minimum atomic E-state index is -0.0162. The second-order valence-electron chi connectivity index (χ2n) is 6.24. The predicted molar refractivity (Wildman–Crippen MR) is 96.0 cm³/mol. The molecule has 24 heavy (non-hydrogen) atoms. The van der Waals surface area contributed by atoms with E-state index in [1.165, 1.54) is 5.56 Å². The Morgan fingerprint density at radius 3 is 2.21 bits per heavy atom. The van der Waals surface area contributed by atoms with E-state index in [0.717, 1.165) is 28.0 Å². The van der Waals surface area contributed by atoms with Crippen LogP contribution in [0.2, 0.25) is 0 Å². The molecule has 3 rings (SSSR count). The molecular formula is C20H21N3O. The third-order valence-electron chi connectivity index (χ3n) is 4.21. The zero-order valence-electron chi connectivity index (χ0n) is 14.5. The van der Waals surface area contributed by atoms with Crippen LogP contribution in [0.5, 0.6) is 0 Å². The summed E-state index contributed by atoms with van der Waals surface area (Å²) < 4.78 is 0. The molecule has 0 saturated heterocycles. The molecule has 0 aliphatic rings. The van der Waals surface area contributed by atoms with E-state index in [-0.39, 0.29) is 5.91 Å². The monoisotopic (exact) mass is 319 g/mol. The van der Waals surface area contributed by atoms with Gasteiger partial charge in [0.25, 0.3) is 5.91 Å². The summed E-state index contributed by atoms with van der Waals surface area (Å²) in [5, 5.41) is 0. The number of amides is 1. The first-order chi connectivity index (χ1) is 11.4. The van der Waals surface area contributed by atoms with E-state index < -0.39 is 0 Å². The van der Waals surface area contributed by atoms with Gasteiger partial charge < -0.3 is 4.90 Å². The molecule has 0 saturated carbocycles. The second-order valence-corrected chi connectivity index (χ2v) is 6.24. The van der Waals surface area contributed by atoms with Crippen LogP contribution < -0.4 is 0 Å². The summed E-state index contributed by atoms with van der Waals surface area (Å²) in [4.78, 5) is 23.5. The smallest absolute Gasteiger partial charge is 0.253 e. The molecule has 0 spiro atoms. The van der Waals surface area contributed by atoms with Gasteiger partial charge in [-0.2, -0.15) is 0 Å². The number of aryl methyl sites for hydroxylation is 3. The lowest BCUT2D eigenvalue weighted by molar-refractivity contribution is 0.0785. The summed E-state index contributed by atoms with van der Waals surface area (Å²) >= 11 is 0. The van der Waals surface area contributed by atoms with Crippen molar-refractivity contribution in [2.24, 2.45) is 0 Å². The summed E-state index contributed by atoms with van der Waals surface area (Å²) in [6, 6.07) is 13.7. The molecular weight excluding hydrogens is 298 g/mol. The van der Waals surface area contributed by atoms with E-state index in [2.05, 4.69) is 41.2 Å². The molecule has 0 atom stereocenters. The summed E-state index contributed by atoms with van der Waals surface area (Å²) in [6.45, 7) is 6.50. The fourth-order valence-electron chi connectivity index (χ4n) is 2.62. The first kappa shape index (κ1) is 16.1. The van der Waals surface area contributed by atoms with Crippen molar-refractivity contribution >= 4 is 16.9 Å². The number of benzene rings is 2. The van der Waals surface area contributed by atoms with E-state index in [1.807, 2.05) is 39.1 Å². The van der Waals surface area contributed by atoms with Gasteiger partial charge in [-0.15, -0.1) is 0 Å². The van der Waals surface area contributed by atoms with Crippen LogP contribution in [0.3, 0.4) is 0 Å². The molecule has 0 aliphatic carbocycles. The average Bonchev–Trinajstić information content (AvgIpc) is 2.57. The quantitative estimate of drug-likeness (QED) is 0.737. The molecule has 4 heteroatoms. The third-order valence-corrected chi connectivity index (χ3v) is 4.21. The Balaban J connectivity index is 1.84. The van der Waals surface area contributed by atoms with Crippen molar-refractivity contribution in [3.8, 4) is 0 Å². The average molecular weight is 319 g/mol. The maximum absolute atomic E-state index is 12.7. The lowest BCUT2D eigenvalue weighted by Gasteiger charge is -2.17. The van der Waals surface area contributed by atoms with Crippen LogP contribution in [0.25, 0.3) is 11.0 Å². The summed E-state index contributed by atoms with van der Waals surface area (Å²) in [5.74, 6) is -0.0162. The van der Waals surface area contributed by atoms with Crippen LogP contribution in [-0.2, 0) is 6.54 Å². The molecule has 0 bridgehead atoms. The third kappa shape index (κ3) is 3.27. The Bertz CT molecular complexity index is 901. The molecule has 4 nitrogen and oxygen atoms in total. The van der Waals surface area contributed by atoms with Crippen molar-refractivity contribution in [1.82, 2.24) is 14.9 Å². The van der Waals surface area contributed by atoms with Crippen LogP contribution in [0.15, 0.2) is 42.5 Å². The van der Waals surface area contributed by atoms with Gasteiger partial charge in [-0.3, -0.25) is 4.79 Å². The maximum Gasteiger partial charge on any atom is 0.253 e. The molecule has 1 aromatic heterocycles. The molecule has 1 amide bonds. The SMILES string of the molecule is Cc1ccc(CN(C)C(=O)c2ccc3nc(C)c(C)nc3c2)cc1. The predicted octanol–water partition coefficient (Wildman–Crippen LogP) is 3.83. The lowest BCUT2D eigenvalue weighted by atomic mass is 10.1. The largest absolute Gasteiger partial charge is 0.337 e. The lowest BCUT2D eigenvalue weighted by Crippen LogP contribution is -2.26. The molecule has 0 aliphatic heterocycles. The highest BCUT2D eigenvalue weighted by Gasteiger charge is 2.13. The number of fused-ring (bicyclic) bond motifs is 1. The number of carbonyl (C=O) groups excluding carboxylic acids is 1. The highest BCUT2D eigenvalue weighted by Crippen LogP contribution is 2.16. The Hall–Kier alpha value is -2.75. The molecule has 0 N–H and O–H groups in total. The molecule has 0 unspecified atom stereocenters. The van der Waals surface area contributed by atoms with E-state index in [9.17, 15) is 4.79 Å². The van der Waals surface area contributed by atoms with E-state index in [4.69, 9.17) is 0 Å². The van der Waals surface area contributed by atoms with E-state index in [0.29, 0.717) is 12.1 Å². The molecule has 2 aromatic carbocycles. The Kier molecular flexibility index (Phi) is 4.30. The number of rotatable bonds is 3. The fraction of sp³-hybridized carbons (Fsp3) is 0.250. The van der Waals surface area contributed by atoms with E-state index >= 15 is 0 Å². The standard InChI is InChI=1S/C20H21N3O/c1-13-5-7-16(8-6-13)12-23(4)20(24)17-9-10-18-19(11-17)22-15(3)14(2)21-18/h5-11H,12H2,1-4H3. The number of hydrogen-bond donors (Lipinski definition) is 0. The minimum absolute atomic E-state index is 0.0162. The zero-order chi connectivity index (χ0) is 17.3. The molecule has 0 fully saturated rings. The van der Waals surface area contributed by atoms with Gasteiger partial charge in [-0.25, -0.2) is 9.97 Å². The Morgan fingerprint density at radius 1 is 0.917 bits per heavy atom. The zero-order valence-corrected chi connectivity index (χ0v) is 14.5. The van der Waals surface area contributed by atoms with Gasteiger partial charge in [0.15, 0.2) is 0 Å². The molecule has 122 valence electrons. The van der Waals surface area contributed by atoms with Crippen LogP contribution >= 0.6 is 0 Å². The topological polar surface area (TPSA) is 46.1 Å². The van der Waals surface area contributed by atoms with Crippen molar-refractivity contribution in [3.63, 3.8) is 0 Å². The van der Waals surface area contributed by atoms with E-state index in [1.54, 1.807) is 4.90 Å². The van der Waals surface area contributed by atoms with Crippen LogP contribution in [0, 0.1) is 20.8 Å². The van der Waals surface area contributed by atoms with Crippen molar-refractivity contribution in [3.05, 3.63) is 70.5 Å². The van der Waals surface area contributed by atoms with Gasteiger partial charge >= 0.3 is 0 Å². The molecule has 0 radical (unpaired) electrons. The Labute approximate surface area is 142 Å². The Morgan fingerprint density at radius 2 is 1.54 bits per heavy atom. The van der Waals surface area contributed by atoms with Gasteiger partial charge in [0.05, 0.1) is 22.4 Å². The van der Waals surface area contributed by atoms with Gasteiger partial charge in [0.1, 0.15) is 0 Å². The van der Waals surface area contributed by atoms with Crippen molar-refractivity contribution in [2.75, 3.05) is 7.05 Å². The van der Waals surface area contributed by atoms with Crippen LogP contribution in [0.4, 0.5) is 0 Å². The van der Waals surface area contributed by atoms with Gasteiger partial charge in [-0.1, -0.05) is 29.8 Å². The summed E-state index contributed by atoms with van der Waals surface area (Å²) in [6.07, 6.45) is 0. The van der Waals surface area contributed by atoms with Gasteiger partial charge in [0, 0.05) is 19.2 Å². The second kappa shape index (κ2) is 6.40.